The highest BCUT2D eigenvalue weighted by Crippen LogP contribution is 2.65. The second-order valence-electron chi connectivity index (χ2n) is 15.0. The maximum Gasteiger partial charge on any atom is 0.407 e. The summed E-state index contributed by atoms with van der Waals surface area (Å²) in [7, 11) is 0. The number of benzene rings is 1. The van der Waals surface area contributed by atoms with Gasteiger partial charge >= 0.3 is 6.09 Å². The van der Waals surface area contributed by atoms with Gasteiger partial charge in [0, 0.05) is 25.6 Å². The van der Waals surface area contributed by atoms with E-state index in [-0.39, 0.29) is 60.5 Å². The molecule has 0 spiro atoms. The number of amides is 5. The SMILES string of the molecule is C=CCNC(=O)C(=O)C(CCC)NC(=O)C1C2C(CN1C(=O)C(NC(=O)OCC(C)C)[C@@H]1CCCC(C(=O)NCc3ccccc3)C1)C2(C)C. The molecule has 3 fully saturated rings. The molecule has 2 saturated carbocycles. The molecule has 0 bridgehead atoms. The van der Waals surface area contributed by atoms with E-state index in [1.807, 2.05) is 51.1 Å². The number of alkyl carbamates (subject to hydrolysis) is 1. The van der Waals surface area contributed by atoms with E-state index in [1.165, 1.54) is 11.0 Å². The van der Waals surface area contributed by atoms with Crippen molar-refractivity contribution in [2.24, 2.45) is 35.0 Å². The van der Waals surface area contributed by atoms with Crippen molar-refractivity contribution in [3.63, 3.8) is 0 Å². The highest BCUT2D eigenvalue weighted by atomic mass is 16.5. The Morgan fingerprint density at radius 1 is 1.02 bits per heavy atom. The summed E-state index contributed by atoms with van der Waals surface area (Å²) in [5, 5.41) is 11.1. The van der Waals surface area contributed by atoms with Gasteiger partial charge in [0.1, 0.15) is 12.1 Å². The highest BCUT2D eigenvalue weighted by Gasteiger charge is 2.69. The van der Waals surface area contributed by atoms with Crippen LogP contribution in [0.5, 0.6) is 0 Å². The van der Waals surface area contributed by atoms with Crippen LogP contribution in [-0.4, -0.2) is 78.2 Å². The Kier molecular flexibility index (Phi) is 13.2. The van der Waals surface area contributed by atoms with E-state index in [9.17, 15) is 28.8 Å². The fourth-order valence-electron chi connectivity index (χ4n) is 7.71. The second-order valence-corrected chi connectivity index (χ2v) is 15.0. The Bertz CT molecular complexity index is 1410. The first-order chi connectivity index (χ1) is 23.8. The zero-order valence-electron chi connectivity index (χ0n) is 30.2. The maximum absolute atomic E-state index is 14.6. The molecular formula is C38H55N5O7. The summed E-state index contributed by atoms with van der Waals surface area (Å²) in [6.45, 7) is 14.3. The molecule has 1 saturated heterocycles. The van der Waals surface area contributed by atoms with Crippen LogP contribution in [0.4, 0.5) is 4.79 Å². The number of piperidine rings is 1. The second kappa shape index (κ2) is 17.1. The van der Waals surface area contributed by atoms with E-state index in [2.05, 4.69) is 41.7 Å². The van der Waals surface area contributed by atoms with E-state index in [0.717, 1.165) is 5.56 Å². The molecule has 4 N–H and O–H groups in total. The van der Waals surface area contributed by atoms with Gasteiger partial charge in [0.15, 0.2) is 0 Å². The predicted octanol–water partition coefficient (Wildman–Crippen LogP) is 3.50. The Morgan fingerprint density at radius 2 is 1.74 bits per heavy atom. The van der Waals surface area contributed by atoms with E-state index in [4.69, 9.17) is 4.74 Å². The standard InChI is InChI=1S/C38H55N5O7/c1-7-13-28(32(44)35(47)39-18-8-2)41-34(46)31-29-27(38(29,5)6)21-43(31)36(48)30(42-37(49)50-22-23(3)4)25-16-12-17-26(19-25)33(45)40-20-24-14-10-9-11-15-24/h8-11,14-15,23,25-31H,2,7,12-13,16-22H2,1,3-6H3,(H,39,47)(H,40,45)(H,41,46)(H,42,49)/t25-,26?,27?,28?,29?,30?,31?/m1/s1. The topological polar surface area (TPSA) is 163 Å². The summed E-state index contributed by atoms with van der Waals surface area (Å²) in [6, 6.07) is 6.67. The number of ether oxygens (including phenoxy) is 1. The normalized spacial score (nSPS) is 24.6. The van der Waals surface area contributed by atoms with Crippen LogP contribution in [0, 0.1) is 35.0 Å². The number of likely N-dealkylation sites (tertiary alicyclic amines) is 1. The monoisotopic (exact) mass is 693 g/mol. The van der Waals surface area contributed by atoms with Gasteiger partial charge in [-0.15, -0.1) is 6.58 Å². The minimum Gasteiger partial charge on any atom is -0.449 e. The van der Waals surface area contributed by atoms with Gasteiger partial charge in [0.05, 0.1) is 12.6 Å². The molecule has 1 heterocycles. The third-order valence-corrected chi connectivity index (χ3v) is 10.6. The lowest BCUT2D eigenvalue weighted by atomic mass is 9.76. The number of nitrogens with one attached hydrogen (secondary N) is 4. The molecule has 0 aromatic heterocycles. The number of hydrogen-bond acceptors (Lipinski definition) is 7. The predicted molar refractivity (Wildman–Crippen MR) is 188 cm³/mol. The summed E-state index contributed by atoms with van der Waals surface area (Å²) in [4.78, 5) is 82.2. The first kappa shape index (κ1) is 38.6. The van der Waals surface area contributed by atoms with Crippen LogP contribution in [0.2, 0.25) is 0 Å². The average Bonchev–Trinajstić information content (AvgIpc) is 3.40. The number of fused-ring (bicyclic) bond motifs is 1. The summed E-state index contributed by atoms with van der Waals surface area (Å²) in [5.74, 6) is -3.31. The molecule has 4 rings (SSSR count). The number of carbonyl (C=O) groups excluding carboxylic acids is 6. The Balaban J connectivity index is 1.55. The summed E-state index contributed by atoms with van der Waals surface area (Å²) < 4.78 is 5.43. The smallest absolute Gasteiger partial charge is 0.407 e. The van der Waals surface area contributed by atoms with Crippen LogP contribution in [0.25, 0.3) is 0 Å². The molecular weight excluding hydrogens is 638 g/mol. The van der Waals surface area contributed by atoms with Crippen LogP contribution >= 0.6 is 0 Å². The number of nitrogens with zero attached hydrogens (tertiary/aromatic N) is 1. The van der Waals surface area contributed by atoms with Gasteiger partial charge in [-0.25, -0.2) is 4.79 Å². The third-order valence-electron chi connectivity index (χ3n) is 10.6. The maximum atomic E-state index is 14.6. The van der Waals surface area contributed by atoms with Crippen molar-refractivity contribution < 1.29 is 33.5 Å². The van der Waals surface area contributed by atoms with E-state index < -0.39 is 47.7 Å². The lowest BCUT2D eigenvalue weighted by Crippen LogP contribution is -2.60. The molecule has 6 unspecified atom stereocenters. The van der Waals surface area contributed by atoms with Crippen LogP contribution in [0.15, 0.2) is 43.0 Å². The van der Waals surface area contributed by atoms with Crippen LogP contribution in [0.3, 0.4) is 0 Å². The van der Waals surface area contributed by atoms with Crippen molar-refractivity contribution in [1.82, 2.24) is 26.2 Å². The zero-order valence-corrected chi connectivity index (χ0v) is 30.2. The van der Waals surface area contributed by atoms with Crippen molar-refractivity contribution in [2.75, 3.05) is 19.7 Å². The van der Waals surface area contributed by atoms with E-state index in [1.54, 1.807) is 0 Å². The van der Waals surface area contributed by atoms with Crippen molar-refractivity contribution >= 4 is 35.5 Å². The molecule has 3 aliphatic rings. The molecule has 7 atom stereocenters. The van der Waals surface area contributed by atoms with Gasteiger partial charge < -0.3 is 30.9 Å². The molecule has 12 heteroatoms. The highest BCUT2D eigenvalue weighted by molar-refractivity contribution is 6.38. The number of rotatable bonds is 16. The van der Waals surface area contributed by atoms with Crippen molar-refractivity contribution in [3.05, 3.63) is 48.6 Å². The zero-order chi connectivity index (χ0) is 36.6. The molecule has 0 radical (unpaired) electrons. The fraction of sp³-hybridized carbons (Fsp3) is 0.632. The Labute approximate surface area is 295 Å². The van der Waals surface area contributed by atoms with E-state index >= 15 is 0 Å². The number of hydrogen-bond donors (Lipinski definition) is 4. The quantitative estimate of drug-likeness (QED) is 0.152. The molecule has 2 aliphatic carbocycles. The van der Waals surface area contributed by atoms with Gasteiger partial charge in [-0.3, -0.25) is 24.0 Å². The molecule has 1 aromatic rings. The van der Waals surface area contributed by atoms with Gasteiger partial charge in [-0.1, -0.05) is 83.9 Å². The molecule has 5 amide bonds. The van der Waals surface area contributed by atoms with Crippen molar-refractivity contribution in [3.8, 4) is 0 Å². The van der Waals surface area contributed by atoms with E-state index in [0.29, 0.717) is 45.2 Å². The van der Waals surface area contributed by atoms with Crippen molar-refractivity contribution in [2.45, 2.75) is 97.8 Å². The molecule has 1 aliphatic heterocycles. The molecule has 274 valence electrons. The van der Waals surface area contributed by atoms with Crippen LogP contribution in [-0.2, 0) is 35.3 Å². The third kappa shape index (κ3) is 9.31. The lowest BCUT2D eigenvalue weighted by Gasteiger charge is -2.38. The fourth-order valence-corrected chi connectivity index (χ4v) is 7.71. The lowest BCUT2D eigenvalue weighted by molar-refractivity contribution is -0.145. The van der Waals surface area contributed by atoms with Gasteiger partial charge in [-0.05, 0) is 60.3 Å². The van der Waals surface area contributed by atoms with Gasteiger partial charge in [0.25, 0.3) is 5.91 Å². The minimum absolute atomic E-state index is 0.0508. The molecule has 1 aromatic carbocycles. The number of carbonyl (C=O) groups is 6. The minimum atomic E-state index is -1.05. The first-order valence-electron chi connectivity index (χ1n) is 18.1. The largest absolute Gasteiger partial charge is 0.449 e. The Hall–Kier alpha value is -4.22. The molecule has 50 heavy (non-hydrogen) atoms. The van der Waals surface area contributed by atoms with Gasteiger partial charge in [0.2, 0.25) is 23.5 Å². The number of Topliss-reactive ketones (excluding diaryl/α,β-unsaturated/α-hetero) is 1. The summed E-state index contributed by atoms with van der Waals surface area (Å²) in [5.41, 5.74) is 0.770. The van der Waals surface area contributed by atoms with Crippen LogP contribution in [0.1, 0.15) is 78.7 Å². The first-order valence-corrected chi connectivity index (χ1v) is 18.1. The Morgan fingerprint density at radius 3 is 2.40 bits per heavy atom. The van der Waals surface area contributed by atoms with Gasteiger partial charge in [-0.2, -0.15) is 0 Å². The summed E-state index contributed by atoms with van der Waals surface area (Å²) in [6.07, 6.45) is 3.89. The average molecular weight is 694 g/mol. The summed E-state index contributed by atoms with van der Waals surface area (Å²) >= 11 is 0. The van der Waals surface area contributed by atoms with Crippen molar-refractivity contribution in [1.29, 1.82) is 0 Å². The molecule has 12 nitrogen and oxygen atoms in total. The number of ketones is 1. The van der Waals surface area contributed by atoms with Crippen LogP contribution < -0.4 is 21.3 Å².